The molecule has 1 fully saturated rings. The largest absolute Gasteiger partial charge is 0.238 e. The van der Waals surface area contributed by atoms with E-state index in [4.69, 9.17) is 16.5 Å². The third-order valence-corrected chi connectivity index (χ3v) is 9.28. The smallest absolute Gasteiger partial charge is 0.187 e. The van der Waals surface area contributed by atoms with E-state index in [2.05, 4.69) is 108 Å². The minimum Gasteiger partial charge on any atom is -0.238 e. The van der Waals surface area contributed by atoms with Crippen LogP contribution in [0.5, 0.6) is 0 Å². The standard InChI is InChI=1S/C39H29N3/c1-40-31-17-19-34-33(24-31)32-18-16-29(23-35(32)39(34)20-8-3-9-21-39)37-25-36(27-11-4-2-5-12-27)41-38(42-37)30-15-14-26-10-6-7-13-28(26)22-30/h2,4-7,10-19,22-25H,3,8-9,20-21H2. The SMILES string of the molecule is [C-]#[N+]c1ccc2c(c1)-c1ccc(-c3cc(-c4ccccc4)nc(-c4ccc5ccccc5c4)n3)cc1C21CCCCC1. The Morgan fingerprint density at radius 3 is 2.10 bits per heavy atom. The molecule has 200 valence electrons. The highest BCUT2D eigenvalue weighted by molar-refractivity contribution is 5.88. The van der Waals surface area contributed by atoms with E-state index in [-0.39, 0.29) is 5.41 Å². The first-order chi connectivity index (χ1) is 20.7. The fraction of sp³-hybridized carbons (Fsp3) is 0.154. The summed E-state index contributed by atoms with van der Waals surface area (Å²) in [6.07, 6.45) is 6.04. The van der Waals surface area contributed by atoms with Crippen LogP contribution in [0.4, 0.5) is 5.69 Å². The number of fused-ring (bicyclic) bond motifs is 6. The Kier molecular flexibility index (Phi) is 5.76. The zero-order valence-corrected chi connectivity index (χ0v) is 23.3. The summed E-state index contributed by atoms with van der Waals surface area (Å²) < 4.78 is 0. The summed E-state index contributed by atoms with van der Waals surface area (Å²) in [4.78, 5) is 14.0. The molecule has 2 aliphatic rings. The van der Waals surface area contributed by atoms with E-state index in [1.54, 1.807) is 0 Å². The third-order valence-electron chi connectivity index (χ3n) is 9.28. The lowest BCUT2D eigenvalue weighted by molar-refractivity contribution is 0.353. The van der Waals surface area contributed by atoms with E-state index in [0.29, 0.717) is 5.69 Å². The van der Waals surface area contributed by atoms with Gasteiger partial charge in [-0.15, -0.1) is 0 Å². The Bertz CT molecular complexity index is 2030. The quantitative estimate of drug-likeness (QED) is 0.209. The van der Waals surface area contributed by atoms with E-state index in [0.717, 1.165) is 46.7 Å². The molecule has 6 aromatic rings. The molecular weight excluding hydrogens is 510 g/mol. The normalized spacial score (nSPS) is 14.8. The van der Waals surface area contributed by atoms with Crippen molar-refractivity contribution in [2.24, 2.45) is 0 Å². The molecule has 3 nitrogen and oxygen atoms in total. The molecule has 0 N–H and O–H groups in total. The predicted octanol–water partition coefficient (Wildman–Crippen LogP) is 10.4. The van der Waals surface area contributed by atoms with Gasteiger partial charge in [0.25, 0.3) is 0 Å². The Hall–Kier alpha value is -5.07. The number of hydrogen-bond donors (Lipinski definition) is 0. The van der Waals surface area contributed by atoms with Gasteiger partial charge in [0, 0.05) is 22.1 Å². The van der Waals surface area contributed by atoms with Crippen LogP contribution in [0.15, 0.2) is 115 Å². The molecule has 1 spiro atoms. The summed E-state index contributed by atoms with van der Waals surface area (Å²) >= 11 is 0. The van der Waals surface area contributed by atoms with Crippen molar-refractivity contribution < 1.29 is 0 Å². The van der Waals surface area contributed by atoms with E-state index >= 15 is 0 Å². The van der Waals surface area contributed by atoms with Crippen molar-refractivity contribution in [3.63, 3.8) is 0 Å². The van der Waals surface area contributed by atoms with Gasteiger partial charge in [-0.25, -0.2) is 14.8 Å². The van der Waals surface area contributed by atoms with Crippen molar-refractivity contribution in [1.29, 1.82) is 0 Å². The van der Waals surface area contributed by atoms with Crippen LogP contribution < -0.4 is 0 Å². The maximum Gasteiger partial charge on any atom is 0.187 e. The fourth-order valence-electron chi connectivity index (χ4n) is 7.22. The van der Waals surface area contributed by atoms with E-state index in [9.17, 15) is 0 Å². The average molecular weight is 540 g/mol. The Balaban J connectivity index is 1.32. The molecule has 5 aromatic carbocycles. The first-order valence-electron chi connectivity index (χ1n) is 14.8. The van der Waals surface area contributed by atoms with Crippen molar-refractivity contribution in [1.82, 2.24) is 9.97 Å². The zero-order valence-electron chi connectivity index (χ0n) is 23.3. The fourth-order valence-corrected chi connectivity index (χ4v) is 7.22. The molecule has 0 amide bonds. The van der Waals surface area contributed by atoms with Crippen molar-refractivity contribution in [3.05, 3.63) is 138 Å². The van der Waals surface area contributed by atoms with Crippen LogP contribution in [0.25, 0.3) is 60.6 Å². The third kappa shape index (κ3) is 3.95. The number of nitrogens with zero attached hydrogens (tertiary/aromatic N) is 3. The maximum absolute atomic E-state index is 7.61. The lowest BCUT2D eigenvalue weighted by Gasteiger charge is -2.36. The van der Waals surface area contributed by atoms with Crippen LogP contribution in [-0.2, 0) is 5.41 Å². The predicted molar refractivity (Wildman–Crippen MR) is 171 cm³/mol. The second-order valence-corrected chi connectivity index (χ2v) is 11.6. The van der Waals surface area contributed by atoms with Crippen molar-refractivity contribution in [2.45, 2.75) is 37.5 Å². The molecule has 0 saturated heterocycles. The minimum absolute atomic E-state index is 0.00987. The first-order valence-corrected chi connectivity index (χ1v) is 14.8. The molecule has 8 rings (SSSR count). The molecule has 1 aromatic heterocycles. The second-order valence-electron chi connectivity index (χ2n) is 11.6. The lowest BCUT2D eigenvalue weighted by Crippen LogP contribution is -2.28. The van der Waals surface area contributed by atoms with Crippen molar-refractivity contribution in [3.8, 4) is 45.0 Å². The monoisotopic (exact) mass is 539 g/mol. The highest BCUT2D eigenvalue weighted by Gasteiger charge is 2.43. The van der Waals surface area contributed by atoms with Gasteiger partial charge in [-0.3, -0.25) is 0 Å². The van der Waals surface area contributed by atoms with Gasteiger partial charge in [0.1, 0.15) is 0 Å². The lowest BCUT2D eigenvalue weighted by atomic mass is 9.67. The van der Waals surface area contributed by atoms with Gasteiger partial charge in [-0.2, -0.15) is 0 Å². The van der Waals surface area contributed by atoms with Crippen LogP contribution in [0.3, 0.4) is 0 Å². The van der Waals surface area contributed by atoms with Crippen LogP contribution in [0.2, 0.25) is 0 Å². The second kappa shape index (κ2) is 9.79. The molecule has 0 unspecified atom stereocenters. The topological polar surface area (TPSA) is 30.1 Å². The molecule has 1 heterocycles. The summed E-state index contributed by atoms with van der Waals surface area (Å²) in [6, 6.07) is 40.6. The van der Waals surface area contributed by atoms with Crippen LogP contribution in [0, 0.1) is 6.57 Å². The average Bonchev–Trinajstić information content (AvgIpc) is 3.32. The number of benzene rings is 5. The van der Waals surface area contributed by atoms with E-state index < -0.39 is 0 Å². The van der Waals surface area contributed by atoms with Gasteiger partial charge in [0.2, 0.25) is 0 Å². The Morgan fingerprint density at radius 2 is 1.29 bits per heavy atom. The Morgan fingerprint density at radius 1 is 0.548 bits per heavy atom. The maximum atomic E-state index is 7.61. The van der Waals surface area contributed by atoms with Crippen molar-refractivity contribution in [2.75, 3.05) is 0 Å². The van der Waals surface area contributed by atoms with Gasteiger partial charge in [0.15, 0.2) is 11.5 Å². The highest BCUT2D eigenvalue weighted by atomic mass is 14.9. The summed E-state index contributed by atoms with van der Waals surface area (Å²) in [6.45, 7) is 7.61. The minimum atomic E-state index is 0.00987. The van der Waals surface area contributed by atoms with Gasteiger partial charge in [0.05, 0.1) is 18.0 Å². The zero-order chi connectivity index (χ0) is 28.1. The molecule has 1 saturated carbocycles. The molecule has 2 aliphatic carbocycles. The molecule has 0 atom stereocenters. The number of aromatic nitrogens is 2. The number of hydrogen-bond acceptors (Lipinski definition) is 2. The molecule has 3 heteroatoms. The van der Waals surface area contributed by atoms with Crippen LogP contribution >= 0.6 is 0 Å². The summed E-state index contributed by atoms with van der Waals surface area (Å²) in [5, 5.41) is 2.39. The van der Waals surface area contributed by atoms with Gasteiger partial charge < -0.3 is 0 Å². The summed E-state index contributed by atoms with van der Waals surface area (Å²) in [5.41, 5.74) is 11.1. The molecule has 42 heavy (non-hydrogen) atoms. The number of rotatable bonds is 3. The Labute approximate surface area is 246 Å². The van der Waals surface area contributed by atoms with Gasteiger partial charge in [-0.1, -0.05) is 110 Å². The van der Waals surface area contributed by atoms with Crippen LogP contribution in [0.1, 0.15) is 43.2 Å². The van der Waals surface area contributed by atoms with Crippen molar-refractivity contribution >= 4 is 16.5 Å². The molecule has 0 radical (unpaired) electrons. The highest BCUT2D eigenvalue weighted by Crippen LogP contribution is 2.57. The molecule has 0 bridgehead atoms. The summed E-state index contributed by atoms with van der Waals surface area (Å²) in [7, 11) is 0. The summed E-state index contributed by atoms with van der Waals surface area (Å²) in [5.74, 6) is 0.731. The van der Waals surface area contributed by atoms with Gasteiger partial charge >= 0.3 is 0 Å². The van der Waals surface area contributed by atoms with E-state index in [1.165, 1.54) is 52.3 Å². The van der Waals surface area contributed by atoms with Gasteiger partial charge in [-0.05, 0) is 70.1 Å². The van der Waals surface area contributed by atoms with Crippen LogP contribution in [-0.4, -0.2) is 9.97 Å². The molecular formula is C39H29N3. The molecule has 0 aliphatic heterocycles. The van der Waals surface area contributed by atoms with E-state index in [1.807, 2.05) is 12.1 Å². The first kappa shape index (κ1) is 24.7.